The largest absolute Gasteiger partial charge is 0.341 e. The number of nitrogens with one attached hydrogen (secondary N) is 1. The molecule has 1 unspecified atom stereocenters. The number of hydrogen-bond donors (Lipinski definition) is 2. The van der Waals surface area contributed by atoms with Gasteiger partial charge in [-0.3, -0.25) is 0 Å². The number of aryl methyl sites for hydroxylation is 1. The summed E-state index contributed by atoms with van der Waals surface area (Å²) >= 11 is 1.79. The van der Waals surface area contributed by atoms with Gasteiger partial charge in [0.05, 0.1) is 17.0 Å². The van der Waals surface area contributed by atoms with Crippen molar-refractivity contribution in [3.05, 3.63) is 52.0 Å². The lowest BCUT2D eigenvalue weighted by atomic mass is 10.1. The van der Waals surface area contributed by atoms with E-state index in [-0.39, 0.29) is 5.92 Å². The van der Waals surface area contributed by atoms with Crippen molar-refractivity contribution in [1.29, 1.82) is 0 Å². The first-order valence-corrected chi connectivity index (χ1v) is 6.80. The molecule has 0 saturated heterocycles. The molecule has 0 bridgehead atoms. The second kappa shape index (κ2) is 4.55. The van der Waals surface area contributed by atoms with Crippen LogP contribution >= 0.6 is 11.3 Å². The number of imidazole rings is 1. The van der Waals surface area contributed by atoms with Crippen molar-refractivity contribution in [2.45, 2.75) is 12.8 Å². The van der Waals surface area contributed by atoms with E-state index in [0.29, 0.717) is 6.54 Å². The van der Waals surface area contributed by atoms with Gasteiger partial charge in [-0.25, -0.2) is 4.98 Å². The van der Waals surface area contributed by atoms with Crippen LogP contribution in [-0.2, 0) is 0 Å². The lowest BCUT2D eigenvalue weighted by Gasteiger charge is -2.09. The van der Waals surface area contributed by atoms with E-state index in [4.69, 9.17) is 5.73 Å². The van der Waals surface area contributed by atoms with Crippen LogP contribution in [0.5, 0.6) is 0 Å². The number of H-pyrrole nitrogens is 1. The van der Waals surface area contributed by atoms with Crippen LogP contribution in [-0.4, -0.2) is 16.5 Å². The van der Waals surface area contributed by atoms with E-state index >= 15 is 0 Å². The fraction of sp³-hybridized carbons (Fsp3) is 0.214. The number of benzene rings is 1. The topological polar surface area (TPSA) is 54.7 Å². The maximum atomic E-state index is 5.91. The fourth-order valence-corrected chi connectivity index (χ4v) is 3.13. The number of fused-ring (bicyclic) bond motifs is 1. The van der Waals surface area contributed by atoms with Gasteiger partial charge in [0.2, 0.25) is 0 Å². The zero-order valence-corrected chi connectivity index (χ0v) is 11.0. The van der Waals surface area contributed by atoms with Gasteiger partial charge in [-0.15, -0.1) is 11.3 Å². The number of para-hydroxylation sites is 2. The van der Waals surface area contributed by atoms with Gasteiger partial charge in [0.25, 0.3) is 0 Å². The molecule has 2 heterocycles. The molecule has 3 N–H and O–H groups in total. The van der Waals surface area contributed by atoms with E-state index in [1.807, 2.05) is 24.3 Å². The summed E-state index contributed by atoms with van der Waals surface area (Å²) in [5.41, 5.74) is 7.98. The van der Waals surface area contributed by atoms with Crippen LogP contribution in [0.3, 0.4) is 0 Å². The first-order chi connectivity index (χ1) is 8.78. The van der Waals surface area contributed by atoms with Gasteiger partial charge in [-0.1, -0.05) is 12.1 Å². The van der Waals surface area contributed by atoms with Crippen molar-refractivity contribution in [1.82, 2.24) is 9.97 Å². The minimum Gasteiger partial charge on any atom is -0.341 e. The Morgan fingerprint density at radius 2 is 2.11 bits per heavy atom. The predicted molar refractivity (Wildman–Crippen MR) is 76.0 cm³/mol. The van der Waals surface area contributed by atoms with Gasteiger partial charge in [0.1, 0.15) is 5.82 Å². The molecule has 0 saturated carbocycles. The maximum absolute atomic E-state index is 5.91. The Morgan fingerprint density at radius 1 is 1.28 bits per heavy atom. The summed E-state index contributed by atoms with van der Waals surface area (Å²) in [5, 5.41) is 0. The molecule has 0 aliphatic carbocycles. The molecule has 0 fully saturated rings. The van der Waals surface area contributed by atoms with Gasteiger partial charge >= 0.3 is 0 Å². The Balaban J connectivity index is 2.05. The Morgan fingerprint density at radius 3 is 2.78 bits per heavy atom. The van der Waals surface area contributed by atoms with Crippen LogP contribution in [0, 0.1) is 6.92 Å². The molecular weight excluding hydrogens is 242 g/mol. The fourth-order valence-electron chi connectivity index (χ4n) is 2.14. The molecule has 1 atom stereocenters. The Labute approximate surface area is 110 Å². The third-order valence-corrected chi connectivity index (χ3v) is 4.19. The van der Waals surface area contributed by atoms with Gasteiger partial charge in [0.15, 0.2) is 0 Å². The van der Waals surface area contributed by atoms with Crippen LogP contribution in [0.25, 0.3) is 11.0 Å². The van der Waals surface area contributed by atoms with Crippen molar-refractivity contribution in [2.75, 3.05) is 6.54 Å². The average molecular weight is 257 g/mol. The highest BCUT2D eigenvalue weighted by Gasteiger charge is 2.17. The van der Waals surface area contributed by atoms with E-state index in [2.05, 4.69) is 29.0 Å². The molecule has 2 aromatic heterocycles. The van der Waals surface area contributed by atoms with Crippen LogP contribution in [0.15, 0.2) is 36.4 Å². The summed E-state index contributed by atoms with van der Waals surface area (Å²) in [4.78, 5) is 10.6. The van der Waals surface area contributed by atoms with Gasteiger partial charge < -0.3 is 10.7 Å². The SMILES string of the molecule is Cc1ccc(C(CN)c2nc3ccccc3[nH]2)s1. The molecule has 0 aliphatic heterocycles. The van der Waals surface area contributed by atoms with Gasteiger partial charge in [-0.05, 0) is 31.2 Å². The number of nitrogens with zero attached hydrogens (tertiary/aromatic N) is 1. The lowest BCUT2D eigenvalue weighted by Crippen LogP contribution is -2.14. The smallest absolute Gasteiger partial charge is 0.116 e. The number of thiophene rings is 1. The number of aromatic amines is 1. The molecule has 3 nitrogen and oxygen atoms in total. The summed E-state index contributed by atoms with van der Waals surface area (Å²) in [7, 11) is 0. The lowest BCUT2D eigenvalue weighted by molar-refractivity contribution is 0.782. The van der Waals surface area contributed by atoms with Crippen molar-refractivity contribution < 1.29 is 0 Å². The molecule has 92 valence electrons. The first-order valence-electron chi connectivity index (χ1n) is 5.99. The number of rotatable bonds is 3. The van der Waals surface area contributed by atoms with Crippen LogP contribution in [0.2, 0.25) is 0 Å². The molecule has 1 aromatic carbocycles. The second-order valence-corrected chi connectivity index (χ2v) is 5.70. The molecule has 0 spiro atoms. The Hall–Kier alpha value is -1.65. The van der Waals surface area contributed by atoms with Crippen LogP contribution in [0.1, 0.15) is 21.5 Å². The summed E-state index contributed by atoms with van der Waals surface area (Å²) in [5.74, 6) is 1.12. The van der Waals surface area contributed by atoms with E-state index in [1.54, 1.807) is 11.3 Å². The van der Waals surface area contributed by atoms with Crippen molar-refractivity contribution in [3.63, 3.8) is 0 Å². The molecule has 0 amide bonds. The maximum Gasteiger partial charge on any atom is 0.116 e. The molecule has 3 aromatic rings. The molecule has 18 heavy (non-hydrogen) atoms. The van der Waals surface area contributed by atoms with Gasteiger partial charge in [0, 0.05) is 16.3 Å². The first kappa shape index (κ1) is 11.4. The molecule has 3 rings (SSSR count). The minimum atomic E-state index is 0.163. The minimum absolute atomic E-state index is 0.163. The van der Waals surface area contributed by atoms with Crippen molar-refractivity contribution in [2.24, 2.45) is 5.73 Å². The van der Waals surface area contributed by atoms with E-state index in [0.717, 1.165) is 16.9 Å². The molecule has 4 heteroatoms. The summed E-state index contributed by atoms with van der Waals surface area (Å²) < 4.78 is 0. The highest BCUT2D eigenvalue weighted by atomic mass is 32.1. The quantitative estimate of drug-likeness (QED) is 0.757. The zero-order chi connectivity index (χ0) is 12.5. The van der Waals surface area contributed by atoms with E-state index in [1.165, 1.54) is 9.75 Å². The van der Waals surface area contributed by atoms with Crippen molar-refractivity contribution >= 4 is 22.4 Å². The standard InChI is InChI=1S/C14H15N3S/c1-9-6-7-13(18-9)10(8-15)14-16-11-4-2-3-5-12(11)17-14/h2-7,10H,8,15H2,1H3,(H,16,17). The third kappa shape index (κ3) is 1.94. The summed E-state index contributed by atoms with van der Waals surface area (Å²) in [6.45, 7) is 2.68. The van der Waals surface area contributed by atoms with Crippen LogP contribution < -0.4 is 5.73 Å². The van der Waals surface area contributed by atoms with E-state index in [9.17, 15) is 0 Å². The number of nitrogens with two attached hydrogens (primary N) is 1. The highest BCUT2D eigenvalue weighted by Crippen LogP contribution is 2.29. The highest BCUT2D eigenvalue weighted by molar-refractivity contribution is 7.12. The average Bonchev–Trinajstić information content (AvgIpc) is 2.96. The summed E-state index contributed by atoms with van der Waals surface area (Å²) in [6, 6.07) is 12.3. The van der Waals surface area contributed by atoms with Crippen LogP contribution in [0.4, 0.5) is 0 Å². The number of aromatic nitrogens is 2. The third-order valence-electron chi connectivity index (χ3n) is 3.08. The molecular formula is C14H15N3S. The summed E-state index contributed by atoms with van der Waals surface area (Å²) in [6.07, 6.45) is 0. The van der Waals surface area contributed by atoms with Gasteiger partial charge in [-0.2, -0.15) is 0 Å². The zero-order valence-electron chi connectivity index (χ0n) is 10.2. The Bertz CT molecular complexity index is 635. The monoisotopic (exact) mass is 257 g/mol. The molecule has 0 aliphatic rings. The van der Waals surface area contributed by atoms with Crippen molar-refractivity contribution in [3.8, 4) is 0 Å². The van der Waals surface area contributed by atoms with E-state index < -0.39 is 0 Å². The second-order valence-electron chi connectivity index (χ2n) is 4.38. The number of hydrogen-bond acceptors (Lipinski definition) is 3. The Kier molecular flexibility index (Phi) is 2.89. The predicted octanol–water partition coefficient (Wildman–Crippen LogP) is 3.02. The normalized spacial score (nSPS) is 13.0. The molecule has 0 radical (unpaired) electrons.